The van der Waals surface area contributed by atoms with Crippen molar-refractivity contribution in [3.8, 4) is 0 Å². The monoisotopic (exact) mass is 126 g/mol. The number of rotatable bonds is 1. The molecule has 0 aliphatic rings. The lowest BCUT2D eigenvalue weighted by molar-refractivity contribution is -0.339. The Kier molecular flexibility index (Phi) is 4.58. The predicted molar refractivity (Wildman–Crippen MR) is 21.3 cm³/mol. The van der Waals surface area contributed by atoms with E-state index in [-0.39, 0.29) is 7.43 Å². The molecule has 4 nitrogen and oxygen atoms in total. The summed E-state index contributed by atoms with van der Waals surface area (Å²) in [5, 5.41) is 0. The molecule has 0 aromatic carbocycles. The zero-order valence-corrected chi connectivity index (χ0v) is 3.97. The predicted octanol–water partition coefficient (Wildman–Crippen LogP) is -0.902. The molecule has 0 N–H and O–H groups in total. The molecule has 0 amide bonds. The molecule has 0 atom stereocenters. The summed E-state index contributed by atoms with van der Waals surface area (Å²) in [5.74, 6) is 0. The molecule has 0 fully saturated rings. The van der Waals surface area contributed by atoms with Crippen molar-refractivity contribution in [1.82, 2.24) is 0 Å². The normalized spacial score (nSPS) is 10.1. The lowest BCUT2D eigenvalue weighted by Crippen LogP contribution is -2.14. The van der Waals surface area contributed by atoms with Crippen molar-refractivity contribution in [2.75, 3.05) is 7.11 Å². The summed E-state index contributed by atoms with van der Waals surface area (Å²) in [6.45, 7) is 0. The van der Waals surface area contributed by atoms with Crippen LogP contribution in [0.15, 0.2) is 0 Å². The van der Waals surface area contributed by atoms with Crippen LogP contribution in [0.2, 0.25) is 0 Å². The largest absolute Gasteiger partial charge is 0.790 e. The first-order valence-corrected chi connectivity index (χ1v) is 2.60. The quantitative estimate of drug-likeness (QED) is 0.426. The van der Waals surface area contributed by atoms with Crippen molar-refractivity contribution in [2.24, 2.45) is 0 Å². The highest BCUT2D eigenvalue weighted by Crippen LogP contribution is 2.21. The maximum absolute atomic E-state index is 9.25. The molecule has 0 saturated heterocycles. The fraction of sp³-hybridized carbons (Fsp3) is 1.00. The van der Waals surface area contributed by atoms with Crippen LogP contribution in [0.1, 0.15) is 7.43 Å². The Morgan fingerprint density at radius 2 is 1.71 bits per heavy atom. The Labute approximate surface area is 42.4 Å². The molecule has 0 aliphatic carbocycles. The molecule has 0 unspecified atom stereocenters. The van der Waals surface area contributed by atoms with Crippen molar-refractivity contribution in [3.63, 3.8) is 0 Å². The number of phosphoric acid groups is 1. The average Bonchev–Trinajstić information content (AvgIpc) is 1.35. The van der Waals surface area contributed by atoms with Crippen LogP contribution in [0.5, 0.6) is 0 Å². The Balaban J connectivity index is 0. The van der Waals surface area contributed by atoms with Gasteiger partial charge in [0.1, 0.15) is 0 Å². The van der Waals surface area contributed by atoms with Gasteiger partial charge in [0.05, 0.1) is 7.82 Å². The van der Waals surface area contributed by atoms with Crippen LogP contribution in [0.3, 0.4) is 0 Å². The lowest BCUT2D eigenvalue weighted by Gasteiger charge is -2.25. The highest BCUT2D eigenvalue weighted by molar-refractivity contribution is 7.43. The van der Waals surface area contributed by atoms with Gasteiger partial charge in [-0.1, -0.05) is 7.43 Å². The van der Waals surface area contributed by atoms with Gasteiger partial charge in [-0.3, -0.25) is 0 Å². The second-order valence-corrected chi connectivity index (χ2v) is 1.89. The molecule has 0 heterocycles. The third-order valence-corrected chi connectivity index (χ3v) is 0.671. The molecule has 0 aromatic rings. The van der Waals surface area contributed by atoms with Crippen LogP contribution in [-0.2, 0) is 9.09 Å². The smallest absolute Gasteiger partial charge is 0.0592 e. The van der Waals surface area contributed by atoms with Gasteiger partial charge in [-0.2, -0.15) is 0 Å². The van der Waals surface area contributed by atoms with Gasteiger partial charge in [0, 0.05) is 7.11 Å². The first-order valence-electron chi connectivity index (χ1n) is 1.14. The molecule has 7 heavy (non-hydrogen) atoms. The van der Waals surface area contributed by atoms with Crippen LogP contribution in [0, 0.1) is 0 Å². The van der Waals surface area contributed by atoms with E-state index in [1.165, 1.54) is 0 Å². The summed E-state index contributed by atoms with van der Waals surface area (Å²) in [5.41, 5.74) is 0. The van der Waals surface area contributed by atoms with Crippen LogP contribution in [-0.4, -0.2) is 7.11 Å². The first-order chi connectivity index (χ1) is 2.56. The molecule has 46 valence electrons. The van der Waals surface area contributed by atoms with Crippen LogP contribution in [0.4, 0.5) is 0 Å². The van der Waals surface area contributed by atoms with Gasteiger partial charge in [0.2, 0.25) is 0 Å². The van der Waals surface area contributed by atoms with E-state index in [1.54, 1.807) is 0 Å². The van der Waals surface area contributed by atoms with Crippen molar-refractivity contribution in [3.05, 3.63) is 0 Å². The van der Waals surface area contributed by atoms with Crippen molar-refractivity contribution >= 4 is 7.82 Å². The molecular formula is C2H7O4P-2. The van der Waals surface area contributed by atoms with Gasteiger partial charge in [-0.05, 0) is 0 Å². The molecule has 5 heteroatoms. The van der Waals surface area contributed by atoms with Gasteiger partial charge in [-0.15, -0.1) is 0 Å². The maximum Gasteiger partial charge on any atom is 0.0592 e. The summed E-state index contributed by atoms with van der Waals surface area (Å²) in [6.07, 6.45) is 0. The SMILES string of the molecule is C.COP(=O)([O-])[O-]. The third kappa shape index (κ3) is 10.7. The first kappa shape index (κ1) is 10.2. The second kappa shape index (κ2) is 3.16. The lowest BCUT2D eigenvalue weighted by atomic mass is 11.8. The molecule has 0 radical (unpaired) electrons. The zero-order valence-electron chi connectivity index (χ0n) is 3.08. The molecule has 0 aliphatic heterocycles. The molecule has 0 aromatic heterocycles. The van der Waals surface area contributed by atoms with Crippen LogP contribution >= 0.6 is 7.82 Å². The van der Waals surface area contributed by atoms with Crippen molar-refractivity contribution in [2.45, 2.75) is 7.43 Å². The molecule has 0 spiro atoms. The fourth-order valence-corrected chi connectivity index (χ4v) is 0. The van der Waals surface area contributed by atoms with E-state index in [0.717, 1.165) is 7.11 Å². The number of hydrogen-bond donors (Lipinski definition) is 0. The van der Waals surface area contributed by atoms with Gasteiger partial charge < -0.3 is 18.9 Å². The fourth-order valence-electron chi connectivity index (χ4n) is 0. The Morgan fingerprint density at radius 3 is 1.71 bits per heavy atom. The van der Waals surface area contributed by atoms with Gasteiger partial charge >= 0.3 is 0 Å². The van der Waals surface area contributed by atoms with Gasteiger partial charge in [0.15, 0.2) is 0 Å². The van der Waals surface area contributed by atoms with Gasteiger partial charge in [-0.25, -0.2) is 0 Å². The minimum absolute atomic E-state index is 0. The molecule has 0 bridgehead atoms. The van der Waals surface area contributed by atoms with E-state index in [4.69, 9.17) is 0 Å². The minimum Gasteiger partial charge on any atom is -0.790 e. The second-order valence-electron chi connectivity index (χ2n) is 0.630. The van der Waals surface area contributed by atoms with E-state index < -0.39 is 7.82 Å². The Morgan fingerprint density at radius 1 is 1.57 bits per heavy atom. The summed E-state index contributed by atoms with van der Waals surface area (Å²) in [4.78, 5) is 18.5. The number of hydrogen-bond acceptors (Lipinski definition) is 4. The minimum atomic E-state index is -4.65. The van der Waals surface area contributed by atoms with E-state index >= 15 is 0 Å². The number of phosphoric ester groups is 1. The van der Waals surface area contributed by atoms with E-state index in [0.29, 0.717) is 0 Å². The summed E-state index contributed by atoms with van der Waals surface area (Å²) in [7, 11) is -3.83. The van der Waals surface area contributed by atoms with Crippen molar-refractivity contribution < 1.29 is 18.9 Å². The summed E-state index contributed by atoms with van der Waals surface area (Å²) < 4.78 is 12.6. The van der Waals surface area contributed by atoms with Crippen LogP contribution in [0.25, 0.3) is 0 Å². The molecule has 0 rings (SSSR count). The van der Waals surface area contributed by atoms with Crippen LogP contribution < -0.4 is 9.79 Å². The summed E-state index contributed by atoms with van der Waals surface area (Å²) in [6, 6.07) is 0. The average molecular weight is 126 g/mol. The van der Waals surface area contributed by atoms with E-state index in [1.807, 2.05) is 0 Å². The Bertz CT molecular complexity index is 73.8. The maximum atomic E-state index is 9.25. The van der Waals surface area contributed by atoms with Gasteiger partial charge in [0.25, 0.3) is 0 Å². The van der Waals surface area contributed by atoms with E-state index in [2.05, 4.69) is 4.52 Å². The summed E-state index contributed by atoms with van der Waals surface area (Å²) >= 11 is 0. The van der Waals surface area contributed by atoms with E-state index in [9.17, 15) is 14.4 Å². The Hall–Kier alpha value is 0.110. The highest BCUT2D eigenvalue weighted by Gasteiger charge is 1.75. The molecule has 0 saturated carbocycles. The zero-order chi connectivity index (χ0) is 5.21. The topological polar surface area (TPSA) is 72.4 Å². The molecular weight excluding hydrogens is 119 g/mol. The highest BCUT2D eigenvalue weighted by atomic mass is 31.2. The van der Waals surface area contributed by atoms with Crippen molar-refractivity contribution in [1.29, 1.82) is 0 Å². The standard InChI is InChI=1S/CH5O4P.CH4/c1-5-6(2,3)4;/h1H3,(H2,2,3,4);1H4/p-2. The third-order valence-electron chi connectivity index (χ3n) is 0.224.